The molecule has 0 aromatic heterocycles. The van der Waals surface area contributed by atoms with Crippen molar-refractivity contribution in [2.45, 2.75) is 19.3 Å². The number of ether oxygens (including phenoxy) is 1. The van der Waals surface area contributed by atoms with Crippen LogP contribution in [0.3, 0.4) is 0 Å². The molecule has 0 N–H and O–H groups in total. The van der Waals surface area contributed by atoms with Gasteiger partial charge in [0.05, 0.1) is 6.61 Å². The predicted molar refractivity (Wildman–Crippen MR) is 62.3 cm³/mol. The monoisotopic (exact) mass is 219 g/mol. The molecule has 86 valence electrons. The molecule has 1 heterocycles. The summed E-state index contributed by atoms with van der Waals surface area (Å²) in [6.07, 6.45) is 2.84. The molecule has 0 aliphatic carbocycles. The number of carbonyl (C=O) groups excluding carboxylic acids is 1. The van der Waals surface area contributed by atoms with Crippen molar-refractivity contribution in [3.8, 4) is 0 Å². The largest absolute Gasteiger partial charge is 0.449 e. The lowest BCUT2D eigenvalue weighted by Gasteiger charge is -2.14. The van der Waals surface area contributed by atoms with Crippen molar-refractivity contribution < 1.29 is 9.53 Å². The van der Waals surface area contributed by atoms with Crippen molar-refractivity contribution in [3.63, 3.8) is 0 Å². The summed E-state index contributed by atoms with van der Waals surface area (Å²) in [6.45, 7) is 2.17. The molecule has 1 aromatic carbocycles. The molecule has 1 saturated heterocycles. The molecule has 2 rings (SSSR count). The summed E-state index contributed by atoms with van der Waals surface area (Å²) in [5, 5.41) is 0. The summed E-state index contributed by atoms with van der Waals surface area (Å²) in [6, 6.07) is 10.1. The quantitative estimate of drug-likeness (QED) is 0.781. The smallest absolute Gasteiger partial charge is 0.409 e. The van der Waals surface area contributed by atoms with Crippen molar-refractivity contribution in [3.05, 3.63) is 35.9 Å². The van der Waals surface area contributed by atoms with E-state index in [0.717, 1.165) is 32.4 Å². The van der Waals surface area contributed by atoms with Gasteiger partial charge in [-0.2, -0.15) is 0 Å². The Kier molecular flexibility index (Phi) is 3.81. The maximum Gasteiger partial charge on any atom is 0.409 e. The van der Waals surface area contributed by atoms with E-state index in [9.17, 15) is 4.79 Å². The van der Waals surface area contributed by atoms with Crippen LogP contribution in [0.1, 0.15) is 18.4 Å². The van der Waals surface area contributed by atoms with E-state index in [2.05, 4.69) is 0 Å². The molecule has 1 fully saturated rings. The average molecular weight is 219 g/mol. The Hall–Kier alpha value is -1.51. The SMILES string of the molecule is O=C(OCCc1ccccc1)N1CCCC1. The molecule has 16 heavy (non-hydrogen) atoms. The molecule has 0 atom stereocenters. The van der Waals surface area contributed by atoms with Gasteiger partial charge in [0.25, 0.3) is 0 Å². The molecule has 3 heteroatoms. The summed E-state index contributed by atoms with van der Waals surface area (Å²) in [5.41, 5.74) is 1.21. The van der Waals surface area contributed by atoms with Crippen LogP contribution in [0.5, 0.6) is 0 Å². The summed E-state index contributed by atoms with van der Waals surface area (Å²) in [4.78, 5) is 13.3. The fourth-order valence-corrected chi connectivity index (χ4v) is 1.89. The first-order valence-corrected chi connectivity index (χ1v) is 5.82. The third-order valence-electron chi connectivity index (χ3n) is 2.82. The summed E-state index contributed by atoms with van der Waals surface area (Å²) in [5.74, 6) is 0. The summed E-state index contributed by atoms with van der Waals surface area (Å²) >= 11 is 0. The Morgan fingerprint density at radius 1 is 1.19 bits per heavy atom. The Morgan fingerprint density at radius 2 is 1.88 bits per heavy atom. The van der Waals surface area contributed by atoms with Crippen LogP contribution in [-0.2, 0) is 11.2 Å². The maximum atomic E-state index is 11.5. The van der Waals surface area contributed by atoms with E-state index < -0.39 is 0 Å². The Morgan fingerprint density at radius 3 is 2.56 bits per heavy atom. The molecule has 3 nitrogen and oxygen atoms in total. The van der Waals surface area contributed by atoms with Crippen molar-refractivity contribution >= 4 is 6.09 Å². The van der Waals surface area contributed by atoms with Gasteiger partial charge in [-0.3, -0.25) is 0 Å². The summed E-state index contributed by atoms with van der Waals surface area (Å²) in [7, 11) is 0. The van der Waals surface area contributed by atoms with Gasteiger partial charge < -0.3 is 9.64 Å². The second kappa shape index (κ2) is 5.54. The Bertz CT molecular complexity index is 331. The summed E-state index contributed by atoms with van der Waals surface area (Å²) < 4.78 is 5.22. The minimum Gasteiger partial charge on any atom is -0.449 e. The molecular formula is C13H17NO2. The lowest BCUT2D eigenvalue weighted by Crippen LogP contribution is -2.28. The van der Waals surface area contributed by atoms with Gasteiger partial charge >= 0.3 is 6.09 Å². The van der Waals surface area contributed by atoms with Gasteiger partial charge in [0.15, 0.2) is 0 Å². The number of likely N-dealkylation sites (tertiary alicyclic amines) is 1. The van der Waals surface area contributed by atoms with Crippen LogP contribution in [0.4, 0.5) is 4.79 Å². The zero-order chi connectivity index (χ0) is 11.2. The highest BCUT2D eigenvalue weighted by atomic mass is 16.6. The molecule has 0 radical (unpaired) electrons. The zero-order valence-electron chi connectivity index (χ0n) is 9.39. The lowest BCUT2D eigenvalue weighted by atomic mass is 10.2. The van der Waals surface area contributed by atoms with E-state index in [1.165, 1.54) is 5.56 Å². The molecule has 0 spiro atoms. The van der Waals surface area contributed by atoms with Crippen LogP contribution in [0, 0.1) is 0 Å². The van der Waals surface area contributed by atoms with E-state index >= 15 is 0 Å². The highest BCUT2D eigenvalue weighted by Crippen LogP contribution is 2.09. The van der Waals surface area contributed by atoms with E-state index in [0.29, 0.717) is 6.61 Å². The van der Waals surface area contributed by atoms with E-state index in [1.807, 2.05) is 30.3 Å². The molecule has 1 aromatic rings. The van der Waals surface area contributed by atoms with Gasteiger partial charge in [0.1, 0.15) is 0 Å². The number of hydrogen-bond acceptors (Lipinski definition) is 2. The van der Waals surface area contributed by atoms with Crippen LogP contribution < -0.4 is 0 Å². The minimum absolute atomic E-state index is 0.159. The normalized spacial score (nSPS) is 15.1. The molecule has 0 bridgehead atoms. The molecule has 1 amide bonds. The molecular weight excluding hydrogens is 202 g/mol. The van der Waals surface area contributed by atoms with E-state index in [1.54, 1.807) is 4.90 Å². The number of hydrogen-bond donors (Lipinski definition) is 0. The van der Waals surface area contributed by atoms with Gasteiger partial charge in [-0.25, -0.2) is 4.79 Å². The molecule has 1 aliphatic heterocycles. The Labute approximate surface area is 96.0 Å². The minimum atomic E-state index is -0.159. The van der Waals surface area contributed by atoms with Gasteiger partial charge in [-0.05, 0) is 18.4 Å². The third-order valence-corrected chi connectivity index (χ3v) is 2.82. The second-order valence-corrected chi connectivity index (χ2v) is 4.04. The lowest BCUT2D eigenvalue weighted by molar-refractivity contribution is 0.112. The van der Waals surface area contributed by atoms with Crippen LogP contribution >= 0.6 is 0 Å². The second-order valence-electron chi connectivity index (χ2n) is 4.04. The van der Waals surface area contributed by atoms with Crippen molar-refractivity contribution in [1.82, 2.24) is 4.90 Å². The number of carbonyl (C=O) groups is 1. The Balaban J connectivity index is 1.70. The maximum absolute atomic E-state index is 11.5. The number of rotatable bonds is 3. The third kappa shape index (κ3) is 2.99. The van der Waals surface area contributed by atoms with E-state index in [-0.39, 0.29) is 6.09 Å². The van der Waals surface area contributed by atoms with E-state index in [4.69, 9.17) is 4.74 Å². The van der Waals surface area contributed by atoms with Crippen LogP contribution in [-0.4, -0.2) is 30.7 Å². The van der Waals surface area contributed by atoms with Crippen molar-refractivity contribution in [1.29, 1.82) is 0 Å². The zero-order valence-corrected chi connectivity index (χ0v) is 9.39. The van der Waals surface area contributed by atoms with Crippen molar-refractivity contribution in [2.24, 2.45) is 0 Å². The topological polar surface area (TPSA) is 29.5 Å². The number of nitrogens with zero attached hydrogens (tertiary/aromatic N) is 1. The number of amides is 1. The molecule has 1 aliphatic rings. The van der Waals surface area contributed by atoms with Crippen LogP contribution in [0.25, 0.3) is 0 Å². The van der Waals surface area contributed by atoms with Crippen molar-refractivity contribution in [2.75, 3.05) is 19.7 Å². The first-order chi connectivity index (χ1) is 7.86. The predicted octanol–water partition coefficient (Wildman–Crippen LogP) is 2.46. The first-order valence-electron chi connectivity index (χ1n) is 5.82. The fraction of sp³-hybridized carbons (Fsp3) is 0.462. The molecule has 0 saturated carbocycles. The van der Waals surface area contributed by atoms with Gasteiger partial charge in [-0.1, -0.05) is 30.3 Å². The highest BCUT2D eigenvalue weighted by Gasteiger charge is 2.18. The van der Waals surface area contributed by atoms with Crippen LogP contribution in [0.15, 0.2) is 30.3 Å². The standard InChI is InChI=1S/C13H17NO2/c15-13(14-9-4-5-10-14)16-11-8-12-6-2-1-3-7-12/h1-3,6-7H,4-5,8-11H2. The van der Waals surface area contributed by atoms with Crippen LogP contribution in [0.2, 0.25) is 0 Å². The van der Waals surface area contributed by atoms with Gasteiger partial charge in [-0.15, -0.1) is 0 Å². The fourth-order valence-electron chi connectivity index (χ4n) is 1.89. The highest BCUT2D eigenvalue weighted by molar-refractivity contribution is 5.67. The average Bonchev–Trinajstić information content (AvgIpc) is 2.84. The van der Waals surface area contributed by atoms with Gasteiger partial charge in [0.2, 0.25) is 0 Å². The first kappa shape index (κ1) is 11.0. The molecule has 0 unspecified atom stereocenters. The van der Waals surface area contributed by atoms with Gasteiger partial charge in [0, 0.05) is 19.5 Å². The number of benzene rings is 1.